The molecular formula is C24H39Cl3N2O. The number of nitrogens with zero attached hydrogens (tertiary/aromatic N) is 2. The number of carbonyl (C=O) groups is 1. The van der Waals surface area contributed by atoms with Crippen LogP contribution in [-0.4, -0.2) is 54.9 Å². The zero-order valence-electron chi connectivity index (χ0n) is 18.4. The van der Waals surface area contributed by atoms with Crippen LogP contribution in [0.25, 0.3) is 0 Å². The summed E-state index contributed by atoms with van der Waals surface area (Å²) in [6.07, 6.45) is 9.99. The molecule has 1 aromatic carbocycles. The fraction of sp³-hybridized carbons (Fsp3) is 0.708. The van der Waals surface area contributed by atoms with Crippen molar-refractivity contribution in [3.8, 4) is 0 Å². The SMILES string of the molecule is CCCCC(=O)C1(c2cccc(Cl)c2)CCN(CCCN2CCCCC2)CC1.Cl.Cl. The molecule has 172 valence electrons. The summed E-state index contributed by atoms with van der Waals surface area (Å²) < 4.78 is 0. The lowest BCUT2D eigenvalue weighted by molar-refractivity contribution is -0.126. The summed E-state index contributed by atoms with van der Waals surface area (Å²) >= 11 is 6.28. The number of piperidine rings is 2. The molecule has 3 rings (SSSR count). The number of hydrogen-bond donors (Lipinski definition) is 0. The maximum Gasteiger partial charge on any atom is 0.143 e. The number of ketones is 1. The van der Waals surface area contributed by atoms with Crippen LogP contribution in [0.4, 0.5) is 0 Å². The highest BCUT2D eigenvalue weighted by Crippen LogP contribution is 2.39. The van der Waals surface area contributed by atoms with E-state index >= 15 is 0 Å². The Morgan fingerprint density at radius 1 is 0.967 bits per heavy atom. The predicted molar refractivity (Wildman–Crippen MR) is 133 cm³/mol. The van der Waals surface area contributed by atoms with E-state index in [0.29, 0.717) is 12.2 Å². The standard InChI is InChI=1S/C24H37ClN2O.2ClH/c1-2-3-11-23(28)24(21-9-7-10-22(25)20-21)12-18-27(19-13-24)17-8-16-26-14-5-4-6-15-26;;/h7,9-10,20H,2-6,8,11-19H2,1H3;2*1H. The number of hydrogen-bond acceptors (Lipinski definition) is 3. The van der Waals surface area contributed by atoms with E-state index in [1.807, 2.05) is 18.2 Å². The summed E-state index contributed by atoms with van der Waals surface area (Å²) in [5.74, 6) is 0.421. The third kappa shape index (κ3) is 7.38. The van der Waals surface area contributed by atoms with Gasteiger partial charge in [-0.15, -0.1) is 24.8 Å². The summed E-state index contributed by atoms with van der Waals surface area (Å²) in [6.45, 7) is 9.14. The summed E-state index contributed by atoms with van der Waals surface area (Å²) in [5.41, 5.74) is 0.803. The average Bonchev–Trinajstić information content (AvgIpc) is 2.73. The molecule has 2 aliphatic heterocycles. The largest absolute Gasteiger partial charge is 0.303 e. The third-order valence-electron chi connectivity index (χ3n) is 6.78. The molecule has 0 bridgehead atoms. The molecule has 0 aliphatic carbocycles. The van der Waals surface area contributed by atoms with Gasteiger partial charge in [-0.25, -0.2) is 0 Å². The minimum atomic E-state index is -0.330. The molecular weight excluding hydrogens is 439 g/mol. The van der Waals surface area contributed by atoms with Crippen LogP contribution < -0.4 is 0 Å². The van der Waals surface area contributed by atoms with Crippen LogP contribution in [0.1, 0.15) is 70.3 Å². The van der Waals surface area contributed by atoms with Gasteiger partial charge in [-0.05, 0) is 95.5 Å². The Kier molecular flexibility index (Phi) is 12.9. The Hall–Kier alpha value is -0.320. The molecule has 0 N–H and O–H groups in total. The number of carbonyl (C=O) groups excluding carboxylic acids is 1. The maximum atomic E-state index is 13.2. The van der Waals surface area contributed by atoms with Gasteiger partial charge >= 0.3 is 0 Å². The molecule has 0 unspecified atom stereocenters. The Morgan fingerprint density at radius 2 is 1.60 bits per heavy atom. The normalized spacial score (nSPS) is 19.5. The number of halogens is 3. The highest BCUT2D eigenvalue weighted by Gasteiger charge is 2.41. The van der Waals surface area contributed by atoms with E-state index in [-0.39, 0.29) is 30.2 Å². The van der Waals surface area contributed by atoms with Crippen LogP contribution in [0.3, 0.4) is 0 Å². The van der Waals surface area contributed by atoms with Gasteiger partial charge in [-0.1, -0.05) is 43.5 Å². The molecule has 2 aliphatic rings. The van der Waals surface area contributed by atoms with Crippen molar-refractivity contribution in [3.05, 3.63) is 34.9 Å². The number of Topliss-reactive ketones (excluding diaryl/α,β-unsaturated/α-hetero) is 1. The monoisotopic (exact) mass is 476 g/mol. The van der Waals surface area contributed by atoms with Gasteiger partial charge in [0.05, 0.1) is 5.41 Å². The van der Waals surface area contributed by atoms with Crippen molar-refractivity contribution in [1.82, 2.24) is 9.80 Å². The minimum Gasteiger partial charge on any atom is -0.303 e. The molecule has 0 amide bonds. The van der Waals surface area contributed by atoms with Crippen molar-refractivity contribution in [2.45, 2.75) is 70.1 Å². The topological polar surface area (TPSA) is 23.6 Å². The highest BCUT2D eigenvalue weighted by atomic mass is 35.5. The highest BCUT2D eigenvalue weighted by molar-refractivity contribution is 6.30. The molecule has 0 spiro atoms. The van der Waals surface area contributed by atoms with Crippen LogP contribution >= 0.6 is 36.4 Å². The number of rotatable bonds is 9. The average molecular weight is 478 g/mol. The Balaban J connectivity index is 0.00000225. The van der Waals surface area contributed by atoms with Crippen molar-refractivity contribution < 1.29 is 4.79 Å². The van der Waals surface area contributed by atoms with Crippen LogP contribution in [-0.2, 0) is 10.2 Å². The van der Waals surface area contributed by atoms with E-state index in [0.717, 1.165) is 55.9 Å². The number of unbranched alkanes of at least 4 members (excludes halogenated alkanes) is 1. The zero-order chi connectivity index (χ0) is 19.8. The third-order valence-corrected chi connectivity index (χ3v) is 7.01. The zero-order valence-corrected chi connectivity index (χ0v) is 20.8. The fourth-order valence-corrected chi connectivity index (χ4v) is 5.14. The summed E-state index contributed by atoms with van der Waals surface area (Å²) in [4.78, 5) is 18.4. The molecule has 0 aromatic heterocycles. The van der Waals surface area contributed by atoms with Gasteiger partial charge in [0.1, 0.15) is 5.78 Å². The van der Waals surface area contributed by atoms with Gasteiger partial charge < -0.3 is 9.80 Å². The Labute approximate surface area is 200 Å². The number of benzene rings is 1. The number of likely N-dealkylation sites (tertiary alicyclic amines) is 2. The molecule has 0 atom stereocenters. The van der Waals surface area contributed by atoms with Crippen LogP contribution in [0.15, 0.2) is 24.3 Å². The Bertz CT molecular complexity index is 627. The first-order valence-corrected chi connectivity index (χ1v) is 11.8. The maximum absolute atomic E-state index is 13.2. The summed E-state index contributed by atoms with van der Waals surface area (Å²) in [6, 6.07) is 8.04. The summed E-state index contributed by atoms with van der Waals surface area (Å²) in [7, 11) is 0. The van der Waals surface area contributed by atoms with Crippen molar-refractivity contribution in [1.29, 1.82) is 0 Å². The van der Waals surface area contributed by atoms with E-state index in [1.165, 1.54) is 45.3 Å². The van der Waals surface area contributed by atoms with Crippen LogP contribution in [0, 0.1) is 0 Å². The molecule has 3 nitrogen and oxygen atoms in total. The van der Waals surface area contributed by atoms with Crippen molar-refractivity contribution in [3.63, 3.8) is 0 Å². The van der Waals surface area contributed by atoms with Gasteiger partial charge in [0.25, 0.3) is 0 Å². The van der Waals surface area contributed by atoms with Crippen molar-refractivity contribution >= 4 is 42.2 Å². The lowest BCUT2D eigenvalue weighted by atomic mass is 9.68. The lowest BCUT2D eigenvalue weighted by Gasteiger charge is -2.41. The molecule has 2 saturated heterocycles. The summed E-state index contributed by atoms with van der Waals surface area (Å²) in [5, 5.41) is 0.740. The second-order valence-electron chi connectivity index (χ2n) is 8.72. The first-order chi connectivity index (χ1) is 13.6. The lowest BCUT2D eigenvalue weighted by Crippen LogP contribution is -2.47. The van der Waals surface area contributed by atoms with E-state index < -0.39 is 0 Å². The molecule has 1 aromatic rings. The van der Waals surface area contributed by atoms with Gasteiger partial charge in [-0.2, -0.15) is 0 Å². The fourth-order valence-electron chi connectivity index (χ4n) is 4.95. The van der Waals surface area contributed by atoms with Crippen LogP contribution in [0.5, 0.6) is 0 Å². The van der Waals surface area contributed by atoms with E-state index in [9.17, 15) is 4.79 Å². The van der Waals surface area contributed by atoms with Gasteiger partial charge in [0, 0.05) is 11.4 Å². The second kappa shape index (κ2) is 14.0. The Morgan fingerprint density at radius 3 is 2.20 bits per heavy atom. The quantitative estimate of drug-likeness (QED) is 0.426. The van der Waals surface area contributed by atoms with Crippen LogP contribution in [0.2, 0.25) is 5.02 Å². The second-order valence-corrected chi connectivity index (χ2v) is 9.15. The van der Waals surface area contributed by atoms with Gasteiger partial charge in [0.15, 0.2) is 0 Å². The molecule has 0 saturated carbocycles. The van der Waals surface area contributed by atoms with E-state index in [4.69, 9.17) is 11.6 Å². The van der Waals surface area contributed by atoms with E-state index in [1.54, 1.807) is 0 Å². The molecule has 6 heteroatoms. The van der Waals surface area contributed by atoms with Crippen molar-refractivity contribution in [2.24, 2.45) is 0 Å². The van der Waals surface area contributed by atoms with Gasteiger partial charge in [-0.3, -0.25) is 4.79 Å². The smallest absolute Gasteiger partial charge is 0.143 e. The van der Waals surface area contributed by atoms with Crippen molar-refractivity contribution in [2.75, 3.05) is 39.3 Å². The molecule has 2 fully saturated rings. The minimum absolute atomic E-state index is 0. The molecule has 30 heavy (non-hydrogen) atoms. The predicted octanol–water partition coefficient (Wildman–Crippen LogP) is 6.15. The first kappa shape index (κ1) is 27.7. The first-order valence-electron chi connectivity index (χ1n) is 11.4. The van der Waals surface area contributed by atoms with E-state index in [2.05, 4.69) is 22.8 Å². The molecule has 2 heterocycles. The molecule has 0 radical (unpaired) electrons. The van der Waals surface area contributed by atoms with Gasteiger partial charge in [0.2, 0.25) is 0 Å².